The molecule has 0 bridgehead atoms. The summed E-state index contributed by atoms with van der Waals surface area (Å²) in [7, 11) is 1.64. The number of methoxy groups -OCH3 is 1. The minimum absolute atomic E-state index is 0.441. The van der Waals surface area contributed by atoms with Gasteiger partial charge < -0.3 is 4.74 Å². The quantitative estimate of drug-likeness (QED) is 0.598. The fraction of sp³-hybridized carbons (Fsp3) is 0.273. The number of thiophene rings is 1. The Balaban J connectivity index is 2.53. The third-order valence-electron chi connectivity index (χ3n) is 2.26. The molecule has 0 radical (unpaired) electrons. The van der Waals surface area contributed by atoms with Crippen molar-refractivity contribution in [2.24, 2.45) is 0 Å². The lowest BCUT2D eigenvalue weighted by atomic mass is 10.2. The third kappa shape index (κ3) is 2.78. The first-order valence-corrected chi connectivity index (χ1v) is 7.27. The highest BCUT2D eigenvalue weighted by molar-refractivity contribution is 14.1. The van der Waals surface area contributed by atoms with E-state index in [1.54, 1.807) is 18.4 Å². The van der Waals surface area contributed by atoms with Crippen LogP contribution in [0.4, 0.5) is 0 Å². The molecule has 0 N–H and O–H groups in total. The average Bonchev–Trinajstić information content (AvgIpc) is 2.71. The minimum Gasteiger partial charge on any atom is -0.378 e. The van der Waals surface area contributed by atoms with Crippen LogP contribution in [0.3, 0.4) is 0 Å². The highest BCUT2D eigenvalue weighted by atomic mass is 127. The molecule has 0 spiro atoms. The molecule has 3 nitrogen and oxygen atoms in total. The van der Waals surface area contributed by atoms with Gasteiger partial charge in [0, 0.05) is 18.1 Å². The maximum Gasteiger partial charge on any atom is 0.162 e. The van der Waals surface area contributed by atoms with Crippen LogP contribution in [0.2, 0.25) is 5.15 Å². The van der Waals surface area contributed by atoms with Gasteiger partial charge in [0.25, 0.3) is 0 Å². The number of aryl methyl sites for hydroxylation is 1. The second kappa shape index (κ2) is 5.60. The van der Waals surface area contributed by atoms with E-state index in [0.717, 1.165) is 20.4 Å². The number of nitrogens with zero attached hydrogens (tertiary/aromatic N) is 2. The molecule has 0 aliphatic carbocycles. The van der Waals surface area contributed by atoms with E-state index < -0.39 is 0 Å². The molecule has 0 aromatic carbocycles. The van der Waals surface area contributed by atoms with E-state index in [4.69, 9.17) is 16.3 Å². The van der Waals surface area contributed by atoms with Crippen molar-refractivity contribution in [3.05, 3.63) is 30.7 Å². The molecule has 2 aromatic heterocycles. The summed E-state index contributed by atoms with van der Waals surface area (Å²) in [5.74, 6) is 0.668. The summed E-state index contributed by atoms with van der Waals surface area (Å²) in [5, 5.41) is 4.58. The molecule has 2 heterocycles. The van der Waals surface area contributed by atoms with Crippen molar-refractivity contribution in [3.8, 4) is 11.4 Å². The second-order valence-corrected chi connectivity index (χ2v) is 5.68. The van der Waals surface area contributed by atoms with Gasteiger partial charge in [-0.25, -0.2) is 9.97 Å². The van der Waals surface area contributed by atoms with E-state index in [2.05, 4.69) is 37.9 Å². The van der Waals surface area contributed by atoms with Crippen LogP contribution in [0.1, 0.15) is 11.3 Å². The number of hydrogen-bond donors (Lipinski definition) is 0. The van der Waals surface area contributed by atoms with E-state index in [-0.39, 0.29) is 0 Å². The SMILES string of the molecule is COCc1nc(-c2cscc2C)nc(Cl)c1I. The molecule has 0 aliphatic rings. The fourth-order valence-electron chi connectivity index (χ4n) is 1.41. The summed E-state index contributed by atoms with van der Waals surface area (Å²) >= 11 is 9.88. The molecule has 6 heteroatoms. The van der Waals surface area contributed by atoms with Gasteiger partial charge in [0.2, 0.25) is 0 Å². The lowest BCUT2D eigenvalue weighted by Gasteiger charge is -2.07. The Labute approximate surface area is 122 Å². The Kier molecular flexibility index (Phi) is 4.35. The molecular formula is C11H10ClIN2OS. The highest BCUT2D eigenvalue weighted by Crippen LogP contribution is 2.28. The van der Waals surface area contributed by atoms with E-state index >= 15 is 0 Å². The molecule has 0 saturated carbocycles. The van der Waals surface area contributed by atoms with Gasteiger partial charge >= 0.3 is 0 Å². The van der Waals surface area contributed by atoms with Gasteiger partial charge in [-0.2, -0.15) is 11.3 Å². The Hall–Kier alpha value is -0.240. The van der Waals surface area contributed by atoms with Crippen molar-refractivity contribution in [2.45, 2.75) is 13.5 Å². The van der Waals surface area contributed by atoms with E-state index in [1.807, 2.05) is 12.3 Å². The molecule has 2 rings (SSSR count). The van der Waals surface area contributed by atoms with Gasteiger partial charge in [0.15, 0.2) is 5.82 Å². The summed E-state index contributed by atoms with van der Waals surface area (Å²) in [5.41, 5.74) is 3.02. The molecule has 0 unspecified atom stereocenters. The molecule has 0 aliphatic heterocycles. The highest BCUT2D eigenvalue weighted by Gasteiger charge is 2.13. The molecule has 90 valence electrons. The van der Waals surface area contributed by atoms with Crippen LogP contribution >= 0.6 is 45.5 Å². The predicted molar refractivity (Wildman–Crippen MR) is 78.5 cm³/mol. The number of hydrogen-bond acceptors (Lipinski definition) is 4. The van der Waals surface area contributed by atoms with Gasteiger partial charge in [0.05, 0.1) is 15.9 Å². The summed E-state index contributed by atoms with van der Waals surface area (Å²) in [6.07, 6.45) is 0. The third-order valence-corrected chi connectivity index (χ3v) is 4.84. The van der Waals surface area contributed by atoms with Crippen LogP contribution in [0.15, 0.2) is 10.8 Å². The van der Waals surface area contributed by atoms with Gasteiger partial charge in [-0.05, 0) is 40.5 Å². The van der Waals surface area contributed by atoms with E-state index in [0.29, 0.717) is 17.6 Å². The fourth-order valence-corrected chi connectivity index (χ4v) is 2.82. The number of halogens is 2. The van der Waals surface area contributed by atoms with Crippen LogP contribution in [-0.2, 0) is 11.3 Å². The van der Waals surface area contributed by atoms with Crippen LogP contribution in [0.5, 0.6) is 0 Å². The standard InChI is InChI=1S/C11H10ClIN2OS/c1-6-4-17-5-7(6)11-14-8(3-16-2)9(13)10(12)15-11/h4-5H,3H2,1-2H3. The minimum atomic E-state index is 0.441. The topological polar surface area (TPSA) is 35.0 Å². The monoisotopic (exact) mass is 380 g/mol. The lowest BCUT2D eigenvalue weighted by Crippen LogP contribution is -2.02. The van der Waals surface area contributed by atoms with Crippen molar-refractivity contribution in [1.82, 2.24) is 9.97 Å². The molecule has 0 amide bonds. The Morgan fingerprint density at radius 1 is 1.41 bits per heavy atom. The Morgan fingerprint density at radius 3 is 2.76 bits per heavy atom. The molecule has 0 saturated heterocycles. The summed E-state index contributed by atoms with van der Waals surface area (Å²) in [6.45, 7) is 2.48. The van der Waals surface area contributed by atoms with Crippen molar-refractivity contribution < 1.29 is 4.74 Å². The number of ether oxygens (including phenoxy) is 1. The maximum absolute atomic E-state index is 6.11. The molecule has 0 atom stereocenters. The first-order chi connectivity index (χ1) is 8.13. The van der Waals surface area contributed by atoms with Gasteiger partial charge in [0.1, 0.15) is 5.15 Å². The van der Waals surface area contributed by atoms with Gasteiger partial charge in [-0.3, -0.25) is 0 Å². The second-order valence-electron chi connectivity index (χ2n) is 3.50. The van der Waals surface area contributed by atoms with Crippen LogP contribution in [0.25, 0.3) is 11.4 Å². The molecule has 2 aromatic rings. The Morgan fingerprint density at radius 2 is 2.18 bits per heavy atom. The van der Waals surface area contributed by atoms with Crippen molar-refractivity contribution >= 4 is 45.5 Å². The van der Waals surface area contributed by atoms with E-state index in [1.165, 1.54) is 0 Å². The molecular weight excluding hydrogens is 371 g/mol. The Bertz CT molecular complexity index is 544. The van der Waals surface area contributed by atoms with Crippen molar-refractivity contribution in [3.63, 3.8) is 0 Å². The summed E-state index contributed by atoms with van der Waals surface area (Å²) < 4.78 is 5.96. The summed E-state index contributed by atoms with van der Waals surface area (Å²) in [6, 6.07) is 0. The normalized spacial score (nSPS) is 10.8. The molecule has 17 heavy (non-hydrogen) atoms. The predicted octanol–water partition coefficient (Wildman–Crippen LogP) is 3.92. The summed E-state index contributed by atoms with van der Waals surface area (Å²) in [4.78, 5) is 8.82. The zero-order chi connectivity index (χ0) is 12.4. The van der Waals surface area contributed by atoms with Crippen LogP contribution in [0, 0.1) is 10.5 Å². The van der Waals surface area contributed by atoms with Crippen molar-refractivity contribution in [2.75, 3.05) is 7.11 Å². The molecule has 0 fully saturated rings. The van der Waals surface area contributed by atoms with Gasteiger partial charge in [-0.1, -0.05) is 11.6 Å². The smallest absolute Gasteiger partial charge is 0.162 e. The van der Waals surface area contributed by atoms with Gasteiger partial charge in [-0.15, -0.1) is 0 Å². The van der Waals surface area contributed by atoms with Crippen LogP contribution in [-0.4, -0.2) is 17.1 Å². The number of aromatic nitrogens is 2. The van der Waals surface area contributed by atoms with E-state index in [9.17, 15) is 0 Å². The van der Waals surface area contributed by atoms with Crippen molar-refractivity contribution in [1.29, 1.82) is 0 Å². The van der Waals surface area contributed by atoms with Crippen LogP contribution < -0.4 is 0 Å². The lowest BCUT2D eigenvalue weighted by molar-refractivity contribution is 0.181. The maximum atomic E-state index is 6.11. The zero-order valence-electron chi connectivity index (χ0n) is 9.33. The first kappa shape index (κ1) is 13.2. The largest absolute Gasteiger partial charge is 0.378 e. The average molecular weight is 381 g/mol. The first-order valence-electron chi connectivity index (χ1n) is 4.87. The number of rotatable bonds is 3. The zero-order valence-corrected chi connectivity index (χ0v) is 13.1.